The highest BCUT2D eigenvalue weighted by molar-refractivity contribution is 5.94. The van der Waals surface area contributed by atoms with Crippen molar-refractivity contribution < 1.29 is 14.3 Å². The van der Waals surface area contributed by atoms with Crippen molar-refractivity contribution in [3.8, 4) is 5.75 Å². The minimum atomic E-state index is -0.0781. The Bertz CT molecular complexity index is 637. The van der Waals surface area contributed by atoms with Gasteiger partial charge < -0.3 is 14.8 Å². The summed E-state index contributed by atoms with van der Waals surface area (Å²) in [6.45, 7) is 2.55. The van der Waals surface area contributed by atoms with E-state index in [4.69, 9.17) is 9.47 Å². The Morgan fingerprint density at radius 2 is 1.87 bits per heavy atom. The summed E-state index contributed by atoms with van der Waals surface area (Å²) in [5, 5.41) is 3.09. The molecule has 1 atom stereocenters. The summed E-state index contributed by atoms with van der Waals surface area (Å²) in [5.41, 5.74) is 2.69. The van der Waals surface area contributed by atoms with Crippen LogP contribution in [0.3, 0.4) is 0 Å². The Balaban J connectivity index is 2.11. The molecule has 0 bridgehead atoms. The van der Waals surface area contributed by atoms with Crippen LogP contribution in [0.2, 0.25) is 0 Å². The number of hydrogen-bond acceptors (Lipinski definition) is 3. The van der Waals surface area contributed by atoms with Crippen molar-refractivity contribution in [1.29, 1.82) is 0 Å². The number of carbonyl (C=O) groups is 1. The van der Waals surface area contributed by atoms with Gasteiger partial charge >= 0.3 is 0 Å². The van der Waals surface area contributed by atoms with Gasteiger partial charge in [0.1, 0.15) is 5.75 Å². The van der Waals surface area contributed by atoms with Crippen molar-refractivity contribution in [2.45, 2.75) is 26.0 Å². The van der Waals surface area contributed by atoms with Crippen molar-refractivity contribution in [2.24, 2.45) is 0 Å². The lowest BCUT2D eigenvalue weighted by Crippen LogP contribution is -2.28. The minimum Gasteiger partial charge on any atom is -0.497 e. The van der Waals surface area contributed by atoms with Gasteiger partial charge in [0.2, 0.25) is 0 Å². The van der Waals surface area contributed by atoms with E-state index in [1.165, 1.54) is 0 Å². The van der Waals surface area contributed by atoms with Gasteiger partial charge in [-0.3, -0.25) is 4.79 Å². The van der Waals surface area contributed by atoms with Crippen molar-refractivity contribution in [3.05, 3.63) is 65.2 Å². The highest BCUT2D eigenvalue weighted by Crippen LogP contribution is 2.20. The second-order valence-corrected chi connectivity index (χ2v) is 5.34. The Morgan fingerprint density at radius 1 is 1.13 bits per heavy atom. The molecule has 0 aromatic heterocycles. The topological polar surface area (TPSA) is 47.6 Å². The van der Waals surface area contributed by atoms with Gasteiger partial charge in [-0.25, -0.2) is 0 Å². The number of rotatable bonds is 7. The van der Waals surface area contributed by atoms with Crippen LogP contribution in [0.25, 0.3) is 0 Å². The maximum atomic E-state index is 12.5. The molecule has 0 radical (unpaired) electrons. The van der Waals surface area contributed by atoms with Gasteiger partial charge in [0.05, 0.1) is 19.8 Å². The van der Waals surface area contributed by atoms with Crippen molar-refractivity contribution >= 4 is 5.91 Å². The maximum absolute atomic E-state index is 12.5. The van der Waals surface area contributed by atoms with Crippen molar-refractivity contribution in [2.75, 3.05) is 14.2 Å². The van der Waals surface area contributed by atoms with E-state index in [0.29, 0.717) is 12.2 Å². The van der Waals surface area contributed by atoms with Crippen molar-refractivity contribution in [3.63, 3.8) is 0 Å². The molecular weight excluding hydrogens is 290 g/mol. The maximum Gasteiger partial charge on any atom is 0.251 e. The van der Waals surface area contributed by atoms with Crippen LogP contribution in [-0.2, 0) is 11.3 Å². The molecule has 1 N–H and O–H groups in total. The number of benzene rings is 2. The van der Waals surface area contributed by atoms with Gasteiger partial charge in [0, 0.05) is 12.7 Å². The zero-order chi connectivity index (χ0) is 16.7. The van der Waals surface area contributed by atoms with E-state index < -0.39 is 0 Å². The molecule has 0 aliphatic rings. The standard InChI is InChI=1S/C19H23NO3/c1-4-18(15-8-10-17(23-3)11-9-15)20-19(21)16-7-5-6-14(12-16)13-22-2/h5-12,18H,4,13H2,1-3H3,(H,20,21). The number of hydrogen-bond donors (Lipinski definition) is 1. The Labute approximate surface area is 137 Å². The van der Waals surface area contributed by atoms with Crippen LogP contribution in [0.5, 0.6) is 5.75 Å². The molecule has 23 heavy (non-hydrogen) atoms. The first kappa shape index (κ1) is 17.0. The third-order valence-corrected chi connectivity index (χ3v) is 3.73. The molecule has 0 aliphatic carbocycles. The Hall–Kier alpha value is -2.33. The van der Waals surface area contributed by atoms with E-state index in [2.05, 4.69) is 12.2 Å². The van der Waals surface area contributed by atoms with Gasteiger partial charge in [0.15, 0.2) is 0 Å². The molecule has 2 rings (SSSR count). The van der Waals surface area contributed by atoms with Gasteiger partial charge in [-0.2, -0.15) is 0 Å². The van der Waals surface area contributed by atoms with E-state index in [1.54, 1.807) is 14.2 Å². The second kappa shape index (κ2) is 8.34. The van der Waals surface area contributed by atoms with Crippen LogP contribution in [0.1, 0.15) is 40.9 Å². The van der Waals surface area contributed by atoms with Crippen LogP contribution in [-0.4, -0.2) is 20.1 Å². The molecular formula is C19H23NO3. The number of nitrogens with one attached hydrogen (secondary N) is 1. The largest absolute Gasteiger partial charge is 0.497 e. The fourth-order valence-electron chi connectivity index (χ4n) is 2.47. The molecule has 2 aromatic carbocycles. The average Bonchev–Trinajstić information content (AvgIpc) is 2.60. The first-order chi connectivity index (χ1) is 11.2. The number of carbonyl (C=O) groups excluding carboxylic acids is 1. The average molecular weight is 313 g/mol. The van der Waals surface area contributed by atoms with E-state index in [9.17, 15) is 4.79 Å². The lowest BCUT2D eigenvalue weighted by atomic mass is 10.0. The van der Waals surface area contributed by atoms with Gasteiger partial charge in [-0.1, -0.05) is 31.2 Å². The zero-order valence-corrected chi connectivity index (χ0v) is 13.8. The summed E-state index contributed by atoms with van der Waals surface area (Å²) in [6, 6.07) is 15.2. The number of amides is 1. The first-order valence-corrected chi connectivity index (χ1v) is 7.70. The molecule has 0 heterocycles. The van der Waals surface area contributed by atoms with Gasteiger partial charge in [0.25, 0.3) is 5.91 Å². The molecule has 0 fully saturated rings. The summed E-state index contributed by atoms with van der Waals surface area (Å²) < 4.78 is 10.3. The Morgan fingerprint density at radius 3 is 2.48 bits per heavy atom. The third-order valence-electron chi connectivity index (χ3n) is 3.73. The molecule has 4 nitrogen and oxygen atoms in total. The molecule has 0 saturated heterocycles. The predicted molar refractivity (Wildman–Crippen MR) is 90.6 cm³/mol. The first-order valence-electron chi connectivity index (χ1n) is 7.70. The van der Waals surface area contributed by atoms with E-state index >= 15 is 0 Å². The smallest absolute Gasteiger partial charge is 0.251 e. The summed E-state index contributed by atoms with van der Waals surface area (Å²) >= 11 is 0. The second-order valence-electron chi connectivity index (χ2n) is 5.34. The monoisotopic (exact) mass is 313 g/mol. The fraction of sp³-hybridized carbons (Fsp3) is 0.316. The van der Waals surface area contributed by atoms with Crippen LogP contribution < -0.4 is 10.1 Å². The normalized spacial score (nSPS) is 11.8. The molecule has 1 amide bonds. The van der Waals surface area contributed by atoms with E-state index in [1.807, 2.05) is 48.5 Å². The molecule has 0 saturated carbocycles. The van der Waals surface area contributed by atoms with Crippen LogP contribution in [0.4, 0.5) is 0 Å². The highest BCUT2D eigenvalue weighted by atomic mass is 16.5. The summed E-state index contributed by atoms with van der Waals surface area (Å²) in [7, 11) is 3.28. The molecule has 2 aromatic rings. The third kappa shape index (κ3) is 4.57. The van der Waals surface area contributed by atoms with E-state index in [0.717, 1.165) is 23.3 Å². The molecule has 122 valence electrons. The van der Waals surface area contributed by atoms with Crippen LogP contribution in [0, 0.1) is 0 Å². The lowest BCUT2D eigenvalue weighted by Gasteiger charge is -2.18. The fourth-order valence-corrected chi connectivity index (χ4v) is 2.47. The van der Waals surface area contributed by atoms with Gasteiger partial charge in [-0.15, -0.1) is 0 Å². The highest BCUT2D eigenvalue weighted by Gasteiger charge is 2.14. The Kier molecular flexibility index (Phi) is 6.18. The SMILES string of the molecule is CCC(NC(=O)c1cccc(COC)c1)c1ccc(OC)cc1. The summed E-state index contributed by atoms with van der Waals surface area (Å²) in [4.78, 5) is 12.5. The van der Waals surface area contributed by atoms with Crippen LogP contribution >= 0.6 is 0 Å². The molecule has 0 spiro atoms. The molecule has 0 aliphatic heterocycles. The molecule has 1 unspecified atom stereocenters. The zero-order valence-electron chi connectivity index (χ0n) is 13.8. The number of methoxy groups -OCH3 is 2. The minimum absolute atomic E-state index is 0.0283. The summed E-state index contributed by atoms with van der Waals surface area (Å²) in [5.74, 6) is 0.729. The van der Waals surface area contributed by atoms with Crippen LogP contribution in [0.15, 0.2) is 48.5 Å². The predicted octanol–water partition coefficient (Wildman–Crippen LogP) is 3.72. The quantitative estimate of drug-likeness (QED) is 0.847. The molecule has 4 heteroatoms. The summed E-state index contributed by atoms with van der Waals surface area (Å²) in [6.07, 6.45) is 0.815. The number of ether oxygens (including phenoxy) is 2. The lowest BCUT2D eigenvalue weighted by molar-refractivity contribution is 0.0935. The van der Waals surface area contributed by atoms with Crippen molar-refractivity contribution in [1.82, 2.24) is 5.32 Å². The van der Waals surface area contributed by atoms with Gasteiger partial charge in [-0.05, 0) is 41.8 Å². The van der Waals surface area contributed by atoms with E-state index in [-0.39, 0.29) is 11.9 Å².